The third-order valence-electron chi connectivity index (χ3n) is 18.2. The highest BCUT2D eigenvalue weighted by Gasteiger charge is 2.23. The topological polar surface area (TPSA) is 18.5 Å². The minimum Gasteiger partial charge on any atom is -0.457 e. The highest BCUT2D eigenvalue weighted by atomic mass is 16.5. The van der Waals surface area contributed by atoms with Crippen molar-refractivity contribution < 1.29 is 9.47 Å². The van der Waals surface area contributed by atoms with Gasteiger partial charge in [-0.2, -0.15) is 0 Å². The molecule has 0 spiro atoms. The largest absolute Gasteiger partial charge is 0.457 e. The van der Waals surface area contributed by atoms with Crippen molar-refractivity contribution in [1.82, 2.24) is 0 Å². The van der Waals surface area contributed by atoms with E-state index in [1.807, 2.05) is 48.5 Å². The molecule has 0 aliphatic rings. The Kier molecular flexibility index (Phi) is 30.0. The molecule has 0 radical (unpaired) electrons. The molecule has 0 N–H and O–H groups in total. The van der Waals surface area contributed by atoms with Gasteiger partial charge in [-0.05, 0) is 261 Å². The summed E-state index contributed by atoms with van der Waals surface area (Å²) < 4.78 is 11.9. The maximum Gasteiger partial charge on any atom is 0.127 e. The van der Waals surface area contributed by atoms with E-state index in [9.17, 15) is 0 Å². The average Bonchev–Trinajstić information content (AvgIpc) is 1.35. The summed E-state index contributed by atoms with van der Waals surface area (Å²) in [7, 11) is 0. The van der Waals surface area contributed by atoms with Crippen LogP contribution in [0.15, 0.2) is 212 Å². The molecule has 0 saturated carbocycles. The minimum atomic E-state index is -0.134. The number of hydrogen-bond donors (Lipinski definition) is 0. The van der Waals surface area contributed by atoms with Crippen molar-refractivity contribution >= 4 is 0 Å². The highest BCUT2D eigenvalue weighted by Crippen LogP contribution is 2.35. The summed E-state index contributed by atoms with van der Waals surface area (Å²) >= 11 is 0. The maximum absolute atomic E-state index is 5.97. The van der Waals surface area contributed by atoms with Gasteiger partial charge < -0.3 is 9.47 Å². The molecule has 93 heavy (non-hydrogen) atoms. The normalized spacial score (nSPS) is 11.1. The van der Waals surface area contributed by atoms with Crippen molar-refractivity contribution in [3.8, 4) is 23.0 Å². The number of benzene rings is 10. The Morgan fingerprint density at radius 2 is 0.624 bits per heavy atom. The Hall–Kier alpha value is -8.20. The fourth-order valence-electron chi connectivity index (χ4n) is 11.2. The van der Waals surface area contributed by atoms with Gasteiger partial charge in [0.2, 0.25) is 0 Å². The lowest BCUT2D eigenvalue weighted by molar-refractivity contribution is 0.258. The van der Waals surface area contributed by atoms with Gasteiger partial charge in [-0.1, -0.05) is 270 Å². The summed E-state index contributed by atoms with van der Waals surface area (Å²) in [5, 5.41) is 0. The molecule has 0 bridgehead atoms. The monoisotopic (exact) mass is 1240 g/mol. The fourth-order valence-corrected chi connectivity index (χ4v) is 11.2. The molecule has 0 amide bonds. The number of hydrogen-bond acceptors (Lipinski definition) is 2. The zero-order valence-corrected chi connectivity index (χ0v) is 61.3. The van der Waals surface area contributed by atoms with Crippen LogP contribution in [-0.4, -0.2) is 0 Å². The van der Waals surface area contributed by atoms with Crippen molar-refractivity contribution in [3.63, 3.8) is 0 Å². The van der Waals surface area contributed by atoms with Gasteiger partial charge in [-0.25, -0.2) is 0 Å². The molecular formula is C91H114O2. The second kappa shape index (κ2) is 36.9. The fraction of sp³-hybridized carbons (Fsp3) is 0.341. The van der Waals surface area contributed by atoms with Crippen LogP contribution >= 0.6 is 0 Å². The second-order valence-electron chi connectivity index (χ2n) is 27.9. The molecule has 10 aromatic rings. The second-order valence-corrected chi connectivity index (χ2v) is 27.9. The third kappa shape index (κ3) is 26.4. The van der Waals surface area contributed by atoms with Crippen LogP contribution in [0.5, 0.6) is 23.0 Å². The van der Waals surface area contributed by atoms with Crippen LogP contribution in [0.1, 0.15) is 191 Å². The first-order valence-electron chi connectivity index (χ1n) is 34.0. The maximum atomic E-state index is 5.97. The van der Waals surface area contributed by atoms with Crippen molar-refractivity contribution in [1.29, 1.82) is 0 Å². The molecule has 10 aromatic carbocycles. The van der Waals surface area contributed by atoms with E-state index in [0.29, 0.717) is 5.41 Å². The van der Waals surface area contributed by atoms with E-state index >= 15 is 0 Å². The van der Waals surface area contributed by atoms with E-state index in [1.165, 1.54) is 143 Å². The summed E-state index contributed by atoms with van der Waals surface area (Å²) in [6, 6.07) is 74.6. The molecule has 1 atom stereocenters. The van der Waals surface area contributed by atoms with E-state index in [4.69, 9.17) is 9.47 Å². The van der Waals surface area contributed by atoms with E-state index < -0.39 is 0 Å². The minimum absolute atomic E-state index is 0.134. The molecule has 0 heterocycles. The van der Waals surface area contributed by atoms with Crippen LogP contribution in [-0.2, 0) is 18.3 Å². The smallest absolute Gasteiger partial charge is 0.127 e. The Morgan fingerprint density at radius 1 is 0.312 bits per heavy atom. The standard InChI is InChI=1S/C29H28O2.C19H24.C15H16.C11H24.C9H12.C8H10/c1-21-5-13-25(14-6-21)30-27-17-9-23(10-18-27)29(3,4)24-11-19-28(20-12-24)31-26-15-7-22(2)8-16-26;1-12-7-18(8-13(2)16(12)5)11-19-9-14(3)17(6)15(4)10-19;1-12-3-7-14(8-4-12)11-15-9-5-13(2)6-10-15;1-6-8-10(3)9-11(4,5)7-2;1-7-4-5-8(2)9(3)6-7;1-7-4-3-5-8(2)6-7/h5-20H,1-4H3;7-10H,11H2,1-6H3;3-10H,11H2,1-2H3;10H,6-9H2,1-5H3;4-6H,1-3H3;3-6H,1-2H3. The van der Waals surface area contributed by atoms with Gasteiger partial charge in [-0.15, -0.1) is 0 Å². The van der Waals surface area contributed by atoms with Crippen LogP contribution in [0, 0.1) is 115 Å². The number of ether oxygens (including phenoxy) is 2. The molecule has 490 valence electrons. The van der Waals surface area contributed by atoms with Gasteiger partial charge in [0.15, 0.2) is 0 Å². The number of aryl methyl sites for hydroxylation is 13. The molecule has 0 aliphatic carbocycles. The Labute approximate surface area is 566 Å². The van der Waals surface area contributed by atoms with Gasteiger partial charge in [0, 0.05) is 5.41 Å². The van der Waals surface area contributed by atoms with Crippen LogP contribution < -0.4 is 9.47 Å². The molecule has 10 rings (SSSR count). The summed E-state index contributed by atoms with van der Waals surface area (Å²) in [6.45, 7) is 48.4. The van der Waals surface area contributed by atoms with E-state index in [-0.39, 0.29) is 5.41 Å². The van der Waals surface area contributed by atoms with Crippen molar-refractivity contribution in [2.24, 2.45) is 11.3 Å². The first kappa shape index (κ1) is 75.5. The van der Waals surface area contributed by atoms with Crippen molar-refractivity contribution in [2.75, 3.05) is 0 Å². The van der Waals surface area contributed by atoms with Crippen LogP contribution in [0.4, 0.5) is 0 Å². The Balaban J connectivity index is 0.000000218. The van der Waals surface area contributed by atoms with Gasteiger partial charge >= 0.3 is 0 Å². The lowest BCUT2D eigenvalue weighted by Gasteiger charge is -2.26. The SMILES string of the molecule is CCCC(C)CC(C)(C)CC.Cc1cc(Cc2cc(C)c(C)c(C)c2)cc(C)c1C.Cc1ccc(C)c(C)c1.Cc1ccc(Cc2ccc(C)cc2)cc1.Cc1ccc(Oc2ccc(C(C)(C)c3ccc(Oc4ccc(C)cc4)cc3)cc2)cc1.Cc1cccc(C)c1. The predicted molar refractivity (Wildman–Crippen MR) is 406 cm³/mol. The number of rotatable bonds is 15. The lowest BCUT2D eigenvalue weighted by Crippen LogP contribution is -2.18. The molecule has 2 nitrogen and oxygen atoms in total. The molecule has 0 fully saturated rings. The highest BCUT2D eigenvalue weighted by molar-refractivity contribution is 5.45. The Bertz CT molecular complexity index is 3560. The van der Waals surface area contributed by atoms with Crippen molar-refractivity contribution in [3.05, 3.63) is 329 Å². The lowest BCUT2D eigenvalue weighted by atomic mass is 9.78. The average molecular weight is 1240 g/mol. The van der Waals surface area contributed by atoms with Crippen molar-refractivity contribution in [2.45, 2.75) is 196 Å². The van der Waals surface area contributed by atoms with E-state index in [2.05, 4.69) is 316 Å². The van der Waals surface area contributed by atoms with Crippen LogP contribution in [0.3, 0.4) is 0 Å². The Morgan fingerprint density at radius 3 is 0.925 bits per heavy atom. The van der Waals surface area contributed by atoms with Crippen LogP contribution in [0.2, 0.25) is 0 Å². The molecule has 0 saturated heterocycles. The van der Waals surface area contributed by atoms with E-state index in [1.54, 1.807) is 0 Å². The zero-order valence-electron chi connectivity index (χ0n) is 61.3. The predicted octanol–water partition coefficient (Wildman–Crippen LogP) is 26.4. The molecule has 0 aliphatic heterocycles. The zero-order chi connectivity index (χ0) is 68.4. The molecule has 0 aromatic heterocycles. The summed E-state index contributed by atoms with van der Waals surface area (Å²) in [4.78, 5) is 0. The summed E-state index contributed by atoms with van der Waals surface area (Å²) in [5.74, 6) is 4.29. The molecule has 1 unspecified atom stereocenters. The quantitative estimate of drug-likeness (QED) is 0.102. The first-order valence-corrected chi connectivity index (χ1v) is 34.0. The van der Waals surface area contributed by atoms with Gasteiger partial charge in [0.05, 0.1) is 0 Å². The van der Waals surface area contributed by atoms with Gasteiger partial charge in [-0.3, -0.25) is 0 Å². The van der Waals surface area contributed by atoms with Crippen LogP contribution in [0.25, 0.3) is 0 Å². The van der Waals surface area contributed by atoms with Gasteiger partial charge in [0.1, 0.15) is 23.0 Å². The molecular weight excluding hydrogens is 1120 g/mol. The summed E-state index contributed by atoms with van der Waals surface area (Å²) in [5.41, 5.74) is 28.8. The molecule has 2 heteroatoms. The van der Waals surface area contributed by atoms with E-state index in [0.717, 1.165) is 41.8 Å². The first-order chi connectivity index (χ1) is 44.0. The summed E-state index contributed by atoms with van der Waals surface area (Å²) in [6.07, 6.45) is 7.48. The third-order valence-corrected chi connectivity index (χ3v) is 18.2. The van der Waals surface area contributed by atoms with Gasteiger partial charge in [0.25, 0.3) is 0 Å².